The molecule has 0 amide bonds. The largest absolute Gasteiger partial charge is 0.391 e. The zero-order valence-electron chi connectivity index (χ0n) is 19.8. The molecule has 8 nitrogen and oxygen atoms in total. The third-order valence-corrected chi connectivity index (χ3v) is 6.96. The number of rotatable bonds is 4. The molecule has 2 atom stereocenters. The van der Waals surface area contributed by atoms with E-state index < -0.39 is 0 Å². The van der Waals surface area contributed by atoms with Gasteiger partial charge >= 0.3 is 0 Å². The third-order valence-electron chi connectivity index (χ3n) is 6.96. The first kappa shape index (κ1) is 21.6. The van der Waals surface area contributed by atoms with Gasteiger partial charge in [0.15, 0.2) is 5.82 Å². The minimum atomic E-state index is -0.357. The number of nitriles is 1. The molecule has 1 fully saturated rings. The average Bonchev–Trinajstić information content (AvgIpc) is 3.56. The van der Waals surface area contributed by atoms with Gasteiger partial charge in [0.2, 0.25) is 0 Å². The first-order valence-electron chi connectivity index (χ1n) is 11.8. The number of fused-ring (bicyclic) bond motifs is 5. The predicted octanol–water partition coefficient (Wildman–Crippen LogP) is 2.99. The van der Waals surface area contributed by atoms with Crippen molar-refractivity contribution in [2.75, 3.05) is 38.6 Å². The smallest absolute Gasteiger partial charge is 0.161 e. The molecule has 0 saturated carbocycles. The standard InChI is InChI=1S/C27H27N7O/c1-31(2)13-21-15-33(17-25(21)35)26-8-7-23-22(30-26)16-32-14-20(19-5-3-18(12-28)4-6-19)11-24(32)27-29-9-10-34(23)27/h3-11,14,21,25,35H,13,15-17H2,1-2H3/t21-,25-/m0/s1. The van der Waals surface area contributed by atoms with Crippen molar-refractivity contribution in [3.05, 3.63) is 72.3 Å². The Balaban J connectivity index is 1.36. The van der Waals surface area contributed by atoms with Crippen molar-refractivity contribution >= 4 is 5.82 Å². The first-order valence-corrected chi connectivity index (χ1v) is 11.8. The van der Waals surface area contributed by atoms with Crippen LogP contribution in [0.3, 0.4) is 0 Å². The van der Waals surface area contributed by atoms with Crippen LogP contribution >= 0.6 is 0 Å². The number of pyridine rings is 1. The monoisotopic (exact) mass is 465 g/mol. The molecule has 1 saturated heterocycles. The van der Waals surface area contributed by atoms with E-state index in [4.69, 9.17) is 10.2 Å². The Kier molecular flexibility index (Phi) is 5.17. The number of benzene rings is 1. The topological polar surface area (TPSA) is 86.1 Å². The molecule has 3 aromatic heterocycles. The van der Waals surface area contributed by atoms with Gasteiger partial charge in [-0.2, -0.15) is 5.26 Å². The number of anilines is 1. The molecule has 5 heterocycles. The minimum Gasteiger partial charge on any atom is -0.391 e. The summed E-state index contributed by atoms with van der Waals surface area (Å²) in [6.45, 7) is 2.86. The van der Waals surface area contributed by atoms with Crippen molar-refractivity contribution < 1.29 is 5.11 Å². The second-order valence-electron chi connectivity index (χ2n) is 9.68. The summed E-state index contributed by atoms with van der Waals surface area (Å²) in [4.78, 5) is 14.1. The van der Waals surface area contributed by atoms with Crippen LogP contribution in [-0.2, 0) is 6.54 Å². The van der Waals surface area contributed by atoms with E-state index in [0.717, 1.165) is 52.9 Å². The van der Waals surface area contributed by atoms with Crippen molar-refractivity contribution in [1.82, 2.24) is 24.0 Å². The number of aromatic nitrogens is 4. The quantitative estimate of drug-likeness (QED) is 0.439. The van der Waals surface area contributed by atoms with Gasteiger partial charge in [0.25, 0.3) is 0 Å². The van der Waals surface area contributed by atoms with E-state index >= 15 is 0 Å². The summed E-state index contributed by atoms with van der Waals surface area (Å²) < 4.78 is 4.30. The van der Waals surface area contributed by atoms with Crippen LogP contribution in [0.5, 0.6) is 0 Å². The summed E-state index contributed by atoms with van der Waals surface area (Å²) in [5.41, 5.74) is 5.80. The molecule has 0 bridgehead atoms. The van der Waals surface area contributed by atoms with Gasteiger partial charge in [-0.05, 0) is 50.0 Å². The molecule has 0 unspecified atom stereocenters. The van der Waals surface area contributed by atoms with Gasteiger partial charge in [-0.1, -0.05) is 12.1 Å². The summed E-state index contributed by atoms with van der Waals surface area (Å²) in [5.74, 6) is 1.98. The number of β-amino-alcohol motifs (C(OH)–C–C–N with tert-alkyl or cyclic N) is 1. The SMILES string of the molecule is CN(C)C[C@H]1CN(c2ccc3c(n2)Cn2cc(-c4ccc(C#N)cc4)cc2-c2nccn2-3)C[C@@H]1O. The van der Waals surface area contributed by atoms with Gasteiger partial charge in [-0.25, -0.2) is 9.97 Å². The number of imidazole rings is 1. The van der Waals surface area contributed by atoms with Crippen LogP contribution in [-0.4, -0.2) is 68.9 Å². The van der Waals surface area contributed by atoms with Crippen LogP contribution < -0.4 is 4.90 Å². The molecule has 8 heteroatoms. The molecule has 35 heavy (non-hydrogen) atoms. The van der Waals surface area contributed by atoms with Crippen molar-refractivity contribution in [2.24, 2.45) is 5.92 Å². The molecule has 1 aromatic carbocycles. The summed E-state index contributed by atoms with van der Waals surface area (Å²) in [7, 11) is 4.08. The number of hydrogen-bond donors (Lipinski definition) is 1. The highest BCUT2D eigenvalue weighted by Crippen LogP contribution is 2.34. The normalized spacial score (nSPS) is 18.7. The fourth-order valence-corrected chi connectivity index (χ4v) is 5.26. The van der Waals surface area contributed by atoms with E-state index in [1.807, 2.05) is 50.8 Å². The molecule has 0 radical (unpaired) electrons. The molecule has 176 valence electrons. The predicted molar refractivity (Wildman–Crippen MR) is 134 cm³/mol. The molecule has 4 aromatic rings. The van der Waals surface area contributed by atoms with Crippen molar-refractivity contribution in [3.63, 3.8) is 0 Å². The van der Waals surface area contributed by atoms with Crippen LogP contribution in [0.4, 0.5) is 5.82 Å². The Hall–Kier alpha value is -3.93. The summed E-state index contributed by atoms with van der Waals surface area (Å²) in [6.07, 6.45) is 5.57. The first-order chi connectivity index (χ1) is 17.0. The fourth-order valence-electron chi connectivity index (χ4n) is 5.26. The lowest BCUT2D eigenvalue weighted by molar-refractivity contribution is 0.130. The van der Waals surface area contributed by atoms with Gasteiger partial charge in [0.05, 0.1) is 41.4 Å². The highest BCUT2D eigenvalue weighted by Gasteiger charge is 2.33. The molecular weight excluding hydrogens is 438 g/mol. The van der Waals surface area contributed by atoms with Crippen LogP contribution in [0.15, 0.2) is 61.1 Å². The lowest BCUT2D eigenvalue weighted by Crippen LogP contribution is -2.29. The van der Waals surface area contributed by atoms with E-state index in [0.29, 0.717) is 18.7 Å². The van der Waals surface area contributed by atoms with Gasteiger partial charge in [0, 0.05) is 49.7 Å². The van der Waals surface area contributed by atoms with E-state index in [1.54, 1.807) is 0 Å². The van der Waals surface area contributed by atoms with E-state index in [2.05, 4.69) is 54.4 Å². The maximum absolute atomic E-state index is 10.6. The Morgan fingerprint density at radius 1 is 1.11 bits per heavy atom. The van der Waals surface area contributed by atoms with E-state index in [1.165, 1.54) is 0 Å². The van der Waals surface area contributed by atoms with E-state index in [9.17, 15) is 5.11 Å². The number of hydrogen-bond acceptors (Lipinski definition) is 6. The molecule has 6 rings (SSSR count). The van der Waals surface area contributed by atoms with Gasteiger partial charge in [-0.3, -0.25) is 4.57 Å². The Morgan fingerprint density at radius 3 is 2.71 bits per heavy atom. The van der Waals surface area contributed by atoms with Crippen LogP contribution in [0.2, 0.25) is 0 Å². The lowest BCUT2D eigenvalue weighted by atomic mass is 10.1. The van der Waals surface area contributed by atoms with Crippen LogP contribution in [0.25, 0.3) is 28.3 Å². The zero-order chi connectivity index (χ0) is 24.1. The molecule has 0 spiro atoms. The van der Waals surface area contributed by atoms with Crippen molar-refractivity contribution in [2.45, 2.75) is 12.6 Å². The molecular formula is C27H27N7O. The van der Waals surface area contributed by atoms with Gasteiger partial charge < -0.3 is 19.5 Å². The summed E-state index contributed by atoms with van der Waals surface area (Å²) in [5, 5.41) is 19.7. The number of aliphatic hydroxyl groups is 1. The van der Waals surface area contributed by atoms with Gasteiger partial charge in [0.1, 0.15) is 5.82 Å². The Bertz CT molecular complexity index is 1430. The molecule has 2 aliphatic heterocycles. The lowest BCUT2D eigenvalue weighted by Gasteiger charge is -2.20. The molecule has 2 aliphatic rings. The number of nitrogens with zero attached hydrogens (tertiary/aromatic N) is 7. The van der Waals surface area contributed by atoms with Crippen LogP contribution in [0, 0.1) is 17.2 Å². The van der Waals surface area contributed by atoms with Gasteiger partial charge in [-0.15, -0.1) is 0 Å². The van der Waals surface area contributed by atoms with Crippen molar-refractivity contribution in [3.8, 4) is 34.4 Å². The van der Waals surface area contributed by atoms with Crippen LogP contribution in [0.1, 0.15) is 11.3 Å². The summed E-state index contributed by atoms with van der Waals surface area (Å²) >= 11 is 0. The third kappa shape index (κ3) is 3.79. The Morgan fingerprint density at radius 2 is 1.94 bits per heavy atom. The van der Waals surface area contributed by atoms with Crippen molar-refractivity contribution in [1.29, 1.82) is 5.26 Å². The minimum absolute atomic E-state index is 0.205. The fraction of sp³-hybridized carbons (Fsp3) is 0.296. The van der Waals surface area contributed by atoms with E-state index in [-0.39, 0.29) is 12.0 Å². The number of aliphatic hydroxyl groups excluding tert-OH is 1. The second kappa shape index (κ2) is 8.38. The highest BCUT2D eigenvalue weighted by atomic mass is 16.3. The highest BCUT2D eigenvalue weighted by molar-refractivity contribution is 5.72. The summed E-state index contributed by atoms with van der Waals surface area (Å²) in [6, 6.07) is 16.1. The maximum atomic E-state index is 10.6. The second-order valence-corrected chi connectivity index (χ2v) is 9.68. The zero-order valence-corrected chi connectivity index (χ0v) is 19.8. The maximum Gasteiger partial charge on any atom is 0.161 e. The average molecular weight is 466 g/mol. The Labute approximate surface area is 204 Å². The molecule has 1 N–H and O–H groups in total. The molecule has 0 aliphatic carbocycles.